The first-order valence-corrected chi connectivity index (χ1v) is 10.3. The normalized spacial score (nSPS) is 44.4. The topological polar surface area (TPSA) is 82.8 Å². The average molecular weight is 386 g/mol. The summed E-state index contributed by atoms with van der Waals surface area (Å²) >= 11 is 0. The van der Waals surface area contributed by atoms with E-state index in [0.29, 0.717) is 19.3 Å². The SMILES string of the molecule is CC(=O)O[C@@H]1C[C@@H]2C(=O)C[C@@H](c3ccoc3)C[C@]2(C)[C@H]2CC3CC(C(=O)O3)[C@H]12. The molecule has 8 atom stereocenters. The van der Waals surface area contributed by atoms with E-state index in [1.807, 2.05) is 6.07 Å². The summed E-state index contributed by atoms with van der Waals surface area (Å²) in [7, 11) is 0. The van der Waals surface area contributed by atoms with E-state index in [-0.39, 0.29) is 64.9 Å². The smallest absolute Gasteiger partial charge is 0.309 e. The molecule has 0 amide bonds. The Morgan fingerprint density at radius 3 is 2.79 bits per heavy atom. The lowest BCUT2D eigenvalue weighted by Crippen LogP contribution is -2.59. The number of furan rings is 1. The van der Waals surface area contributed by atoms with Gasteiger partial charge in [0.25, 0.3) is 0 Å². The van der Waals surface area contributed by atoms with Gasteiger partial charge in [0.15, 0.2) is 0 Å². The van der Waals surface area contributed by atoms with Gasteiger partial charge >= 0.3 is 11.9 Å². The molecular weight excluding hydrogens is 360 g/mol. The van der Waals surface area contributed by atoms with Crippen LogP contribution in [0, 0.1) is 29.1 Å². The monoisotopic (exact) mass is 386 g/mol. The van der Waals surface area contributed by atoms with Gasteiger partial charge in [-0.25, -0.2) is 0 Å². The predicted molar refractivity (Wildman–Crippen MR) is 97.0 cm³/mol. The van der Waals surface area contributed by atoms with E-state index in [1.54, 1.807) is 12.5 Å². The van der Waals surface area contributed by atoms with Gasteiger partial charge in [0.1, 0.15) is 18.0 Å². The van der Waals surface area contributed by atoms with Crippen molar-refractivity contribution in [3.8, 4) is 0 Å². The van der Waals surface area contributed by atoms with E-state index in [9.17, 15) is 14.4 Å². The van der Waals surface area contributed by atoms with Crippen LogP contribution in [0.1, 0.15) is 57.4 Å². The summed E-state index contributed by atoms with van der Waals surface area (Å²) in [5, 5.41) is 0. The number of hydrogen-bond acceptors (Lipinski definition) is 6. The molecule has 0 radical (unpaired) electrons. The molecule has 28 heavy (non-hydrogen) atoms. The van der Waals surface area contributed by atoms with E-state index < -0.39 is 0 Å². The Hall–Kier alpha value is -2.11. The highest BCUT2D eigenvalue weighted by atomic mass is 16.6. The lowest BCUT2D eigenvalue weighted by Gasteiger charge is -2.58. The first kappa shape index (κ1) is 18.0. The predicted octanol–water partition coefficient (Wildman–Crippen LogP) is 3.25. The summed E-state index contributed by atoms with van der Waals surface area (Å²) in [6, 6.07) is 1.95. The lowest BCUT2D eigenvalue weighted by atomic mass is 9.46. The second-order valence-corrected chi connectivity index (χ2v) is 9.39. The number of carbonyl (C=O) groups excluding carboxylic acids is 3. The van der Waals surface area contributed by atoms with Crippen molar-refractivity contribution in [2.45, 2.75) is 64.1 Å². The van der Waals surface area contributed by atoms with Crippen molar-refractivity contribution >= 4 is 17.7 Å². The molecule has 2 unspecified atom stereocenters. The average Bonchev–Trinajstić information content (AvgIpc) is 3.25. The number of hydrogen-bond donors (Lipinski definition) is 0. The van der Waals surface area contributed by atoms with Crippen LogP contribution in [0.25, 0.3) is 0 Å². The molecule has 0 N–H and O–H groups in total. The van der Waals surface area contributed by atoms with E-state index in [1.165, 1.54) is 6.92 Å². The Balaban J connectivity index is 1.54. The van der Waals surface area contributed by atoms with Crippen LogP contribution >= 0.6 is 0 Å². The zero-order valence-corrected chi connectivity index (χ0v) is 16.3. The first-order valence-electron chi connectivity index (χ1n) is 10.3. The van der Waals surface area contributed by atoms with Crippen LogP contribution in [-0.2, 0) is 23.9 Å². The fraction of sp³-hybridized carbons (Fsp3) is 0.682. The highest BCUT2D eigenvalue weighted by molar-refractivity contribution is 5.84. The van der Waals surface area contributed by atoms with Gasteiger partial charge in [-0.2, -0.15) is 0 Å². The minimum Gasteiger partial charge on any atom is -0.472 e. The Labute approximate surface area is 163 Å². The molecule has 2 heterocycles. The highest BCUT2D eigenvalue weighted by Crippen LogP contribution is 2.63. The van der Waals surface area contributed by atoms with Gasteiger partial charge in [-0.1, -0.05) is 6.92 Å². The molecule has 4 aliphatic rings. The molecule has 4 fully saturated rings. The third kappa shape index (κ3) is 2.56. The number of Topliss-reactive ketones (excluding diaryl/α,β-unsaturated/α-hetero) is 1. The van der Waals surface area contributed by atoms with Crippen molar-refractivity contribution in [3.05, 3.63) is 24.2 Å². The quantitative estimate of drug-likeness (QED) is 0.726. The Kier molecular flexibility index (Phi) is 3.97. The maximum Gasteiger partial charge on any atom is 0.309 e. The summed E-state index contributed by atoms with van der Waals surface area (Å²) in [5.41, 5.74) is 0.835. The molecule has 2 bridgehead atoms. The maximum absolute atomic E-state index is 13.2. The van der Waals surface area contributed by atoms with E-state index in [0.717, 1.165) is 18.4 Å². The van der Waals surface area contributed by atoms with Crippen LogP contribution in [0.3, 0.4) is 0 Å². The van der Waals surface area contributed by atoms with Gasteiger partial charge < -0.3 is 13.9 Å². The van der Waals surface area contributed by atoms with Gasteiger partial charge in [-0.15, -0.1) is 0 Å². The van der Waals surface area contributed by atoms with Crippen LogP contribution in [0.4, 0.5) is 0 Å². The molecular formula is C22H26O6. The van der Waals surface area contributed by atoms with Crippen LogP contribution in [0.2, 0.25) is 0 Å². The van der Waals surface area contributed by atoms with Gasteiger partial charge in [0, 0.05) is 25.2 Å². The molecule has 1 saturated heterocycles. The molecule has 3 aliphatic carbocycles. The van der Waals surface area contributed by atoms with Gasteiger partial charge in [0.2, 0.25) is 0 Å². The fourth-order valence-electron chi connectivity index (χ4n) is 6.87. The highest BCUT2D eigenvalue weighted by Gasteiger charge is 2.64. The van der Waals surface area contributed by atoms with Crippen molar-refractivity contribution < 1.29 is 28.3 Å². The number of ether oxygens (including phenoxy) is 2. The summed E-state index contributed by atoms with van der Waals surface area (Å²) in [5.74, 6) is -0.443. The largest absolute Gasteiger partial charge is 0.472 e. The summed E-state index contributed by atoms with van der Waals surface area (Å²) in [6.07, 6.45) is 6.28. The maximum atomic E-state index is 13.2. The van der Waals surface area contributed by atoms with Crippen LogP contribution in [0.5, 0.6) is 0 Å². The van der Waals surface area contributed by atoms with E-state index in [2.05, 4.69) is 6.92 Å². The molecule has 3 saturated carbocycles. The Morgan fingerprint density at radius 1 is 1.25 bits per heavy atom. The van der Waals surface area contributed by atoms with Crippen LogP contribution < -0.4 is 0 Å². The van der Waals surface area contributed by atoms with Crippen molar-refractivity contribution in [2.24, 2.45) is 29.1 Å². The van der Waals surface area contributed by atoms with Crippen molar-refractivity contribution in [1.29, 1.82) is 0 Å². The molecule has 5 rings (SSSR count). The summed E-state index contributed by atoms with van der Waals surface area (Å²) in [6.45, 7) is 3.61. The zero-order valence-electron chi connectivity index (χ0n) is 16.3. The van der Waals surface area contributed by atoms with Crippen LogP contribution in [-0.4, -0.2) is 29.9 Å². The number of fused-ring (bicyclic) bond motifs is 6. The third-order valence-corrected chi connectivity index (χ3v) is 7.94. The first-order chi connectivity index (χ1) is 13.4. The molecule has 150 valence electrons. The lowest BCUT2D eigenvalue weighted by molar-refractivity contribution is -0.179. The number of esters is 2. The number of ketones is 1. The second-order valence-electron chi connectivity index (χ2n) is 9.39. The minimum atomic E-state index is -0.383. The molecule has 0 spiro atoms. The van der Waals surface area contributed by atoms with Crippen molar-refractivity contribution in [1.82, 2.24) is 0 Å². The third-order valence-electron chi connectivity index (χ3n) is 7.94. The number of rotatable bonds is 2. The molecule has 6 nitrogen and oxygen atoms in total. The van der Waals surface area contributed by atoms with Gasteiger partial charge in [-0.3, -0.25) is 14.4 Å². The molecule has 0 aromatic carbocycles. The zero-order chi connectivity index (χ0) is 19.6. The second kappa shape index (κ2) is 6.19. The molecule has 1 aromatic heterocycles. The Morgan fingerprint density at radius 2 is 2.07 bits per heavy atom. The van der Waals surface area contributed by atoms with Crippen LogP contribution in [0.15, 0.2) is 23.0 Å². The summed E-state index contributed by atoms with van der Waals surface area (Å²) < 4.78 is 16.6. The van der Waals surface area contributed by atoms with Crippen molar-refractivity contribution in [2.75, 3.05) is 0 Å². The molecule has 1 aliphatic heterocycles. The van der Waals surface area contributed by atoms with Crippen molar-refractivity contribution in [3.63, 3.8) is 0 Å². The van der Waals surface area contributed by atoms with Gasteiger partial charge in [0.05, 0.1) is 18.4 Å². The Bertz CT molecular complexity index is 813. The van der Waals surface area contributed by atoms with Gasteiger partial charge in [-0.05, 0) is 54.6 Å². The fourth-order valence-corrected chi connectivity index (χ4v) is 6.87. The van der Waals surface area contributed by atoms with E-state index >= 15 is 0 Å². The number of carbonyl (C=O) groups is 3. The standard InChI is InChI=1S/C22H26O6/c1-11(23)27-19-8-16-18(24)5-13(12-3-4-26-10-12)9-22(16,2)17-7-14-6-15(20(17)19)21(25)28-14/h3-4,10,13-17,19-20H,5-9H2,1-2H3/t13-,14?,15?,16-,17+,19-,20+,22+/m1/s1. The van der Waals surface area contributed by atoms with E-state index in [4.69, 9.17) is 13.9 Å². The summed E-state index contributed by atoms with van der Waals surface area (Å²) in [4.78, 5) is 37.5. The molecule has 1 aromatic rings. The molecule has 6 heteroatoms. The minimum absolute atomic E-state index is 0.0627.